The number of ether oxygens (including phenoxy) is 1. The minimum atomic E-state index is 0.281. The van der Waals surface area contributed by atoms with Crippen LogP contribution in [-0.2, 0) is 0 Å². The third-order valence-electron chi connectivity index (χ3n) is 3.97. The van der Waals surface area contributed by atoms with Gasteiger partial charge in [-0.3, -0.25) is 4.79 Å². The van der Waals surface area contributed by atoms with Gasteiger partial charge in [-0.2, -0.15) is 0 Å². The van der Waals surface area contributed by atoms with E-state index in [0.29, 0.717) is 5.56 Å². The number of rotatable bonds is 4. The molecule has 0 radical (unpaired) electrons. The molecule has 2 nitrogen and oxygen atoms in total. The standard InChI is InChI=1S/C16H22O2/c1-3-13-7-5-9-15(10-13)18-16-12(2)6-4-8-14(16)11-17/h4,6,8,11,13,15H,3,5,7,9-10H2,1-2H3. The largest absolute Gasteiger partial charge is 0.489 e. The second-order valence-corrected chi connectivity index (χ2v) is 5.29. The quantitative estimate of drug-likeness (QED) is 0.746. The smallest absolute Gasteiger partial charge is 0.153 e. The van der Waals surface area contributed by atoms with E-state index in [1.165, 1.54) is 19.3 Å². The van der Waals surface area contributed by atoms with Gasteiger partial charge in [0.1, 0.15) is 5.75 Å². The maximum Gasteiger partial charge on any atom is 0.153 e. The monoisotopic (exact) mass is 246 g/mol. The van der Waals surface area contributed by atoms with E-state index in [9.17, 15) is 4.79 Å². The predicted octanol–water partition coefficient (Wildman–Crippen LogP) is 4.16. The summed E-state index contributed by atoms with van der Waals surface area (Å²) in [7, 11) is 0. The third kappa shape index (κ3) is 2.92. The molecule has 1 aromatic rings. The highest BCUT2D eigenvalue weighted by molar-refractivity contribution is 5.80. The number of carbonyl (C=O) groups excluding carboxylic acids is 1. The molecule has 0 saturated heterocycles. The molecule has 0 N–H and O–H groups in total. The minimum absolute atomic E-state index is 0.281. The van der Waals surface area contributed by atoms with Gasteiger partial charge in [-0.15, -0.1) is 0 Å². The highest BCUT2D eigenvalue weighted by Crippen LogP contribution is 2.31. The first kappa shape index (κ1) is 13.1. The van der Waals surface area contributed by atoms with Gasteiger partial charge < -0.3 is 4.74 Å². The van der Waals surface area contributed by atoms with Gasteiger partial charge in [0.25, 0.3) is 0 Å². The molecule has 1 aliphatic rings. The molecule has 1 saturated carbocycles. The van der Waals surface area contributed by atoms with Gasteiger partial charge in [0.15, 0.2) is 6.29 Å². The molecule has 0 spiro atoms. The molecule has 2 heteroatoms. The van der Waals surface area contributed by atoms with Crippen LogP contribution in [0.2, 0.25) is 0 Å². The van der Waals surface area contributed by atoms with E-state index in [2.05, 4.69) is 6.92 Å². The summed E-state index contributed by atoms with van der Waals surface area (Å²) in [6.07, 6.45) is 7.21. The van der Waals surface area contributed by atoms with Crippen molar-refractivity contribution in [3.63, 3.8) is 0 Å². The number of aldehydes is 1. The summed E-state index contributed by atoms with van der Waals surface area (Å²) in [6.45, 7) is 4.25. The summed E-state index contributed by atoms with van der Waals surface area (Å²) < 4.78 is 6.11. The highest BCUT2D eigenvalue weighted by atomic mass is 16.5. The van der Waals surface area contributed by atoms with Crippen molar-refractivity contribution in [3.8, 4) is 5.75 Å². The first-order valence-electron chi connectivity index (χ1n) is 6.96. The van der Waals surface area contributed by atoms with Crippen LogP contribution in [0.5, 0.6) is 5.75 Å². The molecule has 1 fully saturated rings. The van der Waals surface area contributed by atoms with Crippen LogP contribution in [0.25, 0.3) is 0 Å². The van der Waals surface area contributed by atoms with Crippen molar-refractivity contribution in [1.82, 2.24) is 0 Å². The summed E-state index contributed by atoms with van der Waals surface area (Å²) in [5, 5.41) is 0. The van der Waals surface area contributed by atoms with Crippen LogP contribution in [0, 0.1) is 12.8 Å². The van der Waals surface area contributed by atoms with Gasteiger partial charge in [-0.25, -0.2) is 0 Å². The number of hydrogen-bond donors (Lipinski definition) is 0. The predicted molar refractivity (Wildman–Crippen MR) is 73.2 cm³/mol. The summed E-state index contributed by atoms with van der Waals surface area (Å²) in [4.78, 5) is 11.1. The average molecular weight is 246 g/mol. The van der Waals surface area contributed by atoms with Crippen molar-refractivity contribution < 1.29 is 9.53 Å². The number of aryl methyl sites for hydroxylation is 1. The van der Waals surface area contributed by atoms with Crippen molar-refractivity contribution in [3.05, 3.63) is 29.3 Å². The molecule has 2 unspecified atom stereocenters. The van der Waals surface area contributed by atoms with Crippen LogP contribution in [0.3, 0.4) is 0 Å². The van der Waals surface area contributed by atoms with Gasteiger partial charge in [0.05, 0.1) is 11.7 Å². The summed E-state index contributed by atoms with van der Waals surface area (Å²) in [5.41, 5.74) is 1.73. The maximum atomic E-state index is 11.1. The number of carbonyl (C=O) groups is 1. The molecule has 0 bridgehead atoms. The Morgan fingerprint density at radius 1 is 1.39 bits per heavy atom. The van der Waals surface area contributed by atoms with Crippen LogP contribution in [-0.4, -0.2) is 12.4 Å². The maximum absolute atomic E-state index is 11.1. The van der Waals surface area contributed by atoms with Gasteiger partial charge >= 0.3 is 0 Å². The zero-order chi connectivity index (χ0) is 13.0. The number of benzene rings is 1. The van der Waals surface area contributed by atoms with Crippen LogP contribution in [0.1, 0.15) is 54.9 Å². The average Bonchev–Trinajstić information content (AvgIpc) is 2.41. The van der Waals surface area contributed by atoms with E-state index in [1.807, 2.05) is 25.1 Å². The highest BCUT2D eigenvalue weighted by Gasteiger charge is 2.23. The fraction of sp³-hybridized carbons (Fsp3) is 0.562. The Labute approximate surface area is 109 Å². The topological polar surface area (TPSA) is 26.3 Å². The van der Waals surface area contributed by atoms with Crippen LogP contribution >= 0.6 is 0 Å². The van der Waals surface area contributed by atoms with Gasteiger partial charge in [0.2, 0.25) is 0 Å². The molecule has 0 heterocycles. The van der Waals surface area contributed by atoms with Gasteiger partial charge in [-0.05, 0) is 43.7 Å². The third-order valence-corrected chi connectivity index (χ3v) is 3.97. The fourth-order valence-electron chi connectivity index (χ4n) is 2.82. The minimum Gasteiger partial charge on any atom is -0.489 e. The van der Waals surface area contributed by atoms with Gasteiger partial charge in [-0.1, -0.05) is 31.9 Å². The Bertz CT molecular complexity index is 412. The zero-order valence-electron chi connectivity index (χ0n) is 11.3. The SMILES string of the molecule is CCC1CCCC(Oc2c(C)cccc2C=O)C1. The molecule has 1 aromatic carbocycles. The fourth-order valence-corrected chi connectivity index (χ4v) is 2.82. The summed E-state index contributed by atoms with van der Waals surface area (Å²) in [6, 6.07) is 5.74. The lowest BCUT2D eigenvalue weighted by Crippen LogP contribution is -2.25. The van der Waals surface area contributed by atoms with Crippen molar-refractivity contribution in [1.29, 1.82) is 0 Å². The normalized spacial score (nSPS) is 23.7. The van der Waals surface area contributed by atoms with E-state index in [1.54, 1.807) is 0 Å². The lowest BCUT2D eigenvalue weighted by molar-refractivity contribution is 0.108. The Kier molecular flexibility index (Phi) is 4.40. The van der Waals surface area contributed by atoms with Crippen molar-refractivity contribution >= 4 is 6.29 Å². The molecule has 0 aromatic heterocycles. The molecular weight excluding hydrogens is 224 g/mol. The van der Waals surface area contributed by atoms with Crippen LogP contribution < -0.4 is 4.74 Å². The lowest BCUT2D eigenvalue weighted by Gasteiger charge is -2.29. The Morgan fingerprint density at radius 3 is 2.94 bits per heavy atom. The van der Waals surface area contributed by atoms with Gasteiger partial charge in [0, 0.05) is 0 Å². The molecule has 0 aliphatic heterocycles. The van der Waals surface area contributed by atoms with Crippen LogP contribution in [0.15, 0.2) is 18.2 Å². The van der Waals surface area contributed by atoms with E-state index >= 15 is 0 Å². The van der Waals surface area contributed by atoms with E-state index in [4.69, 9.17) is 4.74 Å². The van der Waals surface area contributed by atoms with E-state index in [0.717, 1.165) is 36.4 Å². The molecule has 2 rings (SSSR count). The van der Waals surface area contributed by atoms with Crippen molar-refractivity contribution in [2.24, 2.45) is 5.92 Å². The second kappa shape index (κ2) is 6.03. The summed E-state index contributed by atoms with van der Waals surface area (Å²) >= 11 is 0. The van der Waals surface area contributed by atoms with Crippen LogP contribution in [0.4, 0.5) is 0 Å². The summed E-state index contributed by atoms with van der Waals surface area (Å²) in [5.74, 6) is 1.57. The molecule has 98 valence electrons. The second-order valence-electron chi connectivity index (χ2n) is 5.29. The molecular formula is C16H22O2. The Morgan fingerprint density at radius 2 is 2.22 bits per heavy atom. The number of para-hydroxylation sites is 1. The lowest BCUT2D eigenvalue weighted by atomic mass is 9.85. The molecule has 0 amide bonds. The zero-order valence-corrected chi connectivity index (χ0v) is 11.3. The van der Waals surface area contributed by atoms with Crippen molar-refractivity contribution in [2.45, 2.75) is 52.1 Å². The van der Waals surface area contributed by atoms with Crippen molar-refractivity contribution in [2.75, 3.05) is 0 Å². The first-order chi connectivity index (χ1) is 8.74. The Hall–Kier alpha value is -1.31. The number of hydrogen-bond acceptors (Lipinski definition) is 2. The molecule has 18 heavy (non-hydrogen) atoms. The van der Waals surface area contributed by atoms with E-state index in [-0.39, 0.29) is 6.10 Å². The molecule has 1 aliphatic carbocycles. The Balaban J connectivity index is 2.11. The molecule has 2 atom stereocenters. The first-order valence-corrected chi connectivity index (χ1v) is 6.96. The van der Waals surface area contributed by atoms with E-state index < -0.39 is 0 Å².